The average Bonchev–Trinajstić information content (AvgIpc) is 3.50. The first-order chi connectivity index (χ1) is 16.1. The van der Waals surface area contributed by atoms with Crippen molar-refractivity contribution in [2.24, 2.45) is 0 Å². The van der Waals surface area contributed by atoms with Crippen molar-refractivity contribution in [2.75, 3.05) is 12.4 Å². The first-order valence-electron chi connectivity index (χ1n) is 10.5. The van der Waals surface area contributed by atoms with Crippen molar-refractivity contribution in [3.8, 4) is 16.6 Å². The van der Waals surface area contributed by atoms with Crippen LogP contribution in [0.25, 0.3) is 21.6 Å². The maximum Gasteiger partial charge on any atom is 0.262 e. The zero-order chi connectivity index (χ0) is 22.8. The van der Waals surface area contributed by atoms with Crippen molar-refractivity contribution in [3.05, 3.63) is 59.4 Å². The SMILES string of the molecule is CNC(=O)c1cnc(-c2cnc3[nH]ccc3c2NC2CC(NSc3cccc(C#N)c3)C2)s1. The number of carbonyl (C=O) groups excluding carboxylic acids is 1. The number of nitrogens with zero attached hydrogens (tertiary/aromatic N) is 3. The number of aromatic amines is 1. The molecule has 1 aliphatic rings. The Morgan fingerprint density at radius 3 is 2.94 bits per heavy atom. The molecule has 4 N–H and O–H groups in total. The maximum atomic E-state index is 12.0. The number of nitrogens with one attached hydrogen (secondary N) is 4. The van der Waals surface area contributed by atoms with Crippen LogP contribution in [0.3, 0.4) is 0 Å². The van der Waals surface area contributed by atoms with Crippen molar-refractivity contribution in [1.29, 1.82) is 5.26 Å². The van der Waals surface area contributed by atoms with E-state index in [0.29, 0.717) is 22.5 Å². The second-order valence-electron chi connectivity index (χ2n) is 7.76. The molecule has 1 saturated carbocycles. The lowest BCUT2D eigenvalue weighted by atomic mass is 9.87. The van der Waals surface area contributed by atoms with Gasteiger partial charge in [-0.2, -0.15) is 5.26 Å². The number of carbonyl (C=O) groups is 1. The molecule has 0 radical (unpaired) electrons. The molecular formula is C23H21N7OS2. The highest BCUT2D eigenvalue weighted by Gasteiger charge is 2.30. The molecule has 166 valence electrons. The topological polar surface area (TPSA) is 119 Å². The lowest BCUT2D eigenvalue weighted by Gasteiger charge is -2.37. The van der Waals surface area contributed by atoms with Crippen molar-refractivity contribution in [2.45, 2.75) is 29.8 Å². The quantitative estimate of drug-likeness (QED) is 0.296. The van der Waals surface area contributed by atoms with Crippen molar-refractivity contribution >= 4 is 45.9 Å². The van der Waals surface area contributed by atoms with E-state index in [2.05, 4.69) is 36.4 Å². The predicted molar refractivity (Wildman–Crippen MR) is 131 cm³/mol. The molecule has 33 heavy (non-hydrogen) atoms. The van der Waals surface area contributed by atoms with E-state index in [1.165, 1.54) is 11.3 Å². The highest BCUT2D eigenvalue weighted by Crippen LogP contribution is 2.38. The number of nitriles is 1. The van der Waals surface area contributed by atoms with Crippen LogP contribution in [0.4, 0.5) is 5.69 Å². The van der Waals surface area contributed by atoms with Crippen LogP contribution in [0.2, 0.25) is 0 Å². The normalized spacial score (nSPS) is 17.3. The second-order valence-corrected chi connectivity index (χ2v) is 9.71. The largest absolute Gasteiger partial charge is 0.381 e. The zero-order valence-electron chi connectivity index (χ0n) is 17.8. The van der Waals surface area contributed by atoms with Crippen LogP contribution >= 0.6 is 23.3 Å². The molecule has 1 aliphatic carbocycles. The highest BCUT2D eigenvalue weighted by atomic mass is 32.2. The fourth-order valence-corrected chi connectivity index (χ4v) is 5.48. The molecule has 1 aromatic carbocycles. The van der Waals surface area contributed by atoms with Gasteiger partial charge in [0.1, 0.15) is 15.5 Å². The number of aromatic nitrogens is 3. The van der Waals surface area contributed by atoms with E-state index in [9.17, 15) is 4.79 Å². The molecule has 0 aliphatic heterocycles. The summed E-state index contributed by atoms with van der Waals surface area (Å²) in [5, 5.41) is 17.1. The summed E-state index contributed by atoms with van der Waals surface area (Å²) in [6.07, 6.45) is 7.23. The Bertz CT molecular complexity index is 1350. The Kier molecular flexibility index (Phi) is 6.00. The van der Waals surface area contributed by atoms with Crippen molar-refractivity contribution in [3.63, 3.8) is 0 Å². The number of benzene rings is 1. The summed E-state index contributed by atoms with van der Waals surface area (Å²) >= 11 is 2.92. The summed E-state index contributed by atoms with van der Waals surface area (Å²) < 4.78 is 3.50. The first-order valence-corrected chi connectivity index (χ1v) is 12.1. The number of hydrogen-bond donors (Lipinski definition) is 4. The van der Waals surface area contributed by atoms with Gasteiger partial charge in [0.05, 0.1) is 29.1 Å². The summed E-state index contributed by atoms with van der Waals surface area (Å²) in [5.74, 6) is -0.144. The summed E-state index contributed by atoms with van der Waals surface area (Å²) in [6.45, 7) is 0. The molecule has 4 aromatic rings. The van der Waals surface area contributed by atoms with E-state index < -0.39 is 0 Å². The van der Waals surface area contributed by atoms with Gasteiger partial charge in [0, 0.05) is 41.8 Å². The molecule has 8 nitrogen and oxygen atoms in total. The zero-order valence-corrected chi connectivity index (χ0v) is 19.4. The van der Waals surface area contributed by atoms with Crippen LogP contribution in [-0.4, -0.2) is 40.0 Å². The Morgan fingerprint density at radius 1 is 1.24 bits per heavy atom. The van der Waals surface area contributed by atoms with Gasteiger partial charge in [0.15, 0.2) is 0 Å². The Morgan fingerprint density at radius 2 is 2.12 bits per heavy atom. The van der Waals surface area contributed by atoms with Gasteiger partial charge in [-0.05, 0) is 49.1 Å². The molecule has 0 saturated heterocycles. The highest BCUT2D eigenvalue weighted by molar-refractivity contribution is 7.97. The third-order valence-electron chi connectivity index (χ3n) is 5.57. The van der Waals surface area contributed by atoms with Gasteiger partial charge < -0.3 is 15.6 Å². The standard InChI is InChI=1S/C23H21N7OS2/c1-25-22(31)19-12-28-23(32-19)18-11-27-21-17(5-6-26-21)20(18)29-14-8-15(9-14)30-33-16-4-2-3-13(7-16)10-24/h2-7,11-12,14-15,30H,8-9H2,1H3,(H,25,31)(H2,26,27,29). The molecule has 0 unspecified atom stereocenters. The van der Waals surface area contributed by atoms with Gasteiger partial charge in [-0.15, -0.1) is 11.3 Å². The van der Waals surface area contributed by atoms with Gasteiger partial charge in [-0.1, -0.05) is 6.07 Å². The van der Waals surface area contributed by atoms with Crippen LogP contribution in [0.15, 0.2) is 53.8 Å². The van der Waals surface area contributed by atoms with E-state index in [1.807, 2.05) is 36.5 Å². The number of fused-ring (bicyclic) bond motifs is 1. The molecule has 10 heteroatoms. The molecule has 0 spiro atoms. The minimum absolute atomic E-state index is 0.144. The van der Waals surface area contributed by atoms with Gasteiger partial charge in [0.25, 0.3) is 5.91 Å². The van der Waals surface area contributed by atoms with E-state index in [4.69, 9.17) is 5.26 Å². The molecule has 3 heterocycles. The monoisotopic (exact) mass is 475 g/mol. The molecule has 1 fully saturated rings. The fraction of sp³-hybridized carbons (Fsp3) is 0.217. The number of rotatable bonds is 7. The third-order valence-corrected chi connectivity index (χ3v) is 7.54. The molecule has 3 aromatic heterocycles. The Balaban J connectivity index is 1.29. The number of hydrogen-bond acceptors (Lipinski definition) is 8. The number of thiazole rings is 1. The number of amides is 1. The van der Waals surface area contributed by atoms with Crippen LogP contribution in [0.1, 0.15) is 28.1 Å². The lowest BCUT2D eigenvalue weighted by molar-refractivity contribution is 0.0967. The predicted octanol–water partition coefficient (Wildman–Crippen LogP) is 4.16. The van der Waals surface area contributed by atoms with E-state index in [-0.39, 0.29) is 5.91 Å². The van der Waals surface area contributed by atoms with Gasteiger partial charge in [0.2, 0.25) is 0 Å². The van der Waals surface area contributed by atoms with Crippen LogP contribution in [-0.2, 0) is 0 Å². The minimum Gasteiger partial charge on any atom is -0.381 e. The van der Waals surface area contributed by atoms with Crippen molar-refractivity contribution < 1.29 is 4.79 Å². The first kappa shape index (κ1) is 21.5. The van der Waals surface area contributed by atoms with Crippen LogP contribution in [0.5, 0.6) is 0 Å². The lowest BCUT2D eigenvalue weighted by Crippen LogP contribution is -2.45. The van der Waals surface area contributed by atoms with Gasteiger partial charge in [-0.25, -0.2) is 9.97 Å². The second kappa shape index (κ2) is 9.23. The number of pyridine rings is 1. The summed E-state index contributed by atoms with van der Waals surface area (Å²) in [4.78, 5) is 25.8. The van der Waals surface area contributed by atoms with Crippen LogP contribution in [0, 0.1) is 11.3 Å². The smallest absolute Gasteiger partial charge is 0.262 e. The maximum absolute atomic E-state index is 12.0. The van der Waals surface area contributed by atoms with E-state index >= 15 is 0 Å². The molecule has 0 atom stereocenters. The molecule has 0 bridgehead atoms. The molecular weight excluding hydrogens is 454 g/mol. The molecule has 5 rings (SSSR count). The van der Waals surface area contributed by atoms with Crippen molar-refractivity contribution in [1.82, 2.24) is 25.0 Å². The summed E-state index contributed by atoms with van der Waals surface area (Å²) in [6, 6.07) is 12.5. The van der Waals surface area contributed by atoms with E-state index in [0.717, 1.165) is 45.0 Å². The Hall–Kier alpha value is -3.39. The number of H-pyrrole nitrogens is 1. The Labute approximate surface area is 199 Å². The van der Waals surface area contributed by atoms with E-state index in [1.54, 1.807) is 31.4 Å². The average molecular weight is 476 g/mol. The summed E-state index contributed by atoms with van der Waals surface area (Å²) in [7, 11) is 1.61. The summed E-state index contributed by atoms with van der Waals surface area (Å²) in [5.41, 5.74) is 3.35. The minimum atomic E-state index is -0.144. The number of anilines is 1. The van der Waals surface area contributed by atoms with Gasteiger partial charge in [-0.3, -0.25) is 9.52 Å². The van der Waals surface area contributed by atoms with Crippen LogP contribution < -0.4 is 15.4 Å². The third kappa shape index (κ3) is 4.43. The molecule has 1 amide bonds. The van der Waals surface area contributed by atoms with Gasteiger partial charge >= 0.3 is 0 Å². The fourth-order valence-electron chi connectivity index (χ4n) is 3.77.